The molecule has 0 bridgehead atoms. The minimum atomic E-state index is -2.46. The van der Waals surface area contributed by atoms with Crippen LogP contribution in [0.5, 0.6) is 0 Å². The molecule has 2 aromatic rings. The van der Waals surface area contributed by atoms with Gasteiger partial charge < -0.3 is 49.3 Å². The molecule has 0 aliphatic heterocycles. The van der Waals surface area contributed by atoms with Gasteiger partial charge in [0.15, 0.2) is 29.2 Å². The molecule has 20 heteroatoms. The van der Waals surface area contributed by atoms with E-state index in [1.54, 1.807) is 30.3 Å². The summed E-state index contributed by atoms with van der Waals surface area (Å²) in [6.07, 6.45) is -2.49. The second-order valence-electron chi connectivity index (χ2n) is 11.3. The molecule has 0 aliphatic rings. The van der Waals surface area contributed by atoms with E-state index in [2.05, 4.69) is 26.3 Å². The molecule has 5 amide bonds. The largest absolute Gasteiger partial charge is 0.465 e. The number of nitrogens with two attached hydrogens (primary N) is 4. The van der Waals surface area contributed by atoms with Crippen LogP contribution in [0.1, 0.15) is 43.2 Å². The fourth-order valence-corrected chi connectivity index (χ4v) is 4.75. The number of carboxylic acid groups (broad SMARTS) is 1. The van der Waals surface area contributed by atoms with Gasteiger partial charge >= 0.3 is 6.09 Å². The van der Waals surface area contributed by atoms with Crippen molar-refractivity contribution in [3.8, 4) is 0 Å². The quantitative estimate of drug-likeness (QED) is 0.0220. The number of guanidine groups is 1. The second-order valence-corrected chi connectivity index (χ2v) is 11.3. The molecular weight excluding hydrogens is 689 g/mol. The number of carbonyl (C=O) groups excluding carboxylic acids is 4. The monoisotopic (exact) mass is 729 g/mol. The van der Waals surface area contributed by atoms with Gasteiger partial charge in [-0.2, -0.15) is 0 Å². The van der Waals surface area contributed by atoms with E-state index in [1.165, 1.54) is 0 Å². The van der Waals surface area contributed by atoms with Gasteiger partial charge in [0, 0.05) is 25.1 Å². The van der Waals surface area contributed by atoms with E-state index in [0.29, 0.717) is 5.56 Å². The molecular formula is C31H40F5N9O6. The predicted octanol–water partition coefficient (Wildman–Crippen LogP) is -0.0742. The van der Waals surface area contributed by atoms with Gasteiger partial charge in [0.1, 0.15) is 18.1 Å². The summed E-state index contributed by atoms with van der Waals surface area (Å²) in [6.45, 7) is -0.0339. The van der Waals surface area contributed by atoms with Gasteiger partial charge in [-0.3, -0.25) is 24.2 Å². The van der Waals surface area contributed by atoms with Crippen LogP contribution in [0.3, 0.4) is 0 Å². The van der Waals surface area contributed by atoms with E-state index in [0.717, 1.165) is 0 Å². The second kappa shape index (κ2) is 20.2. The van der Waals surface area contributed by atoms with Crippen LogP contribution >= 0.6 is 0 Å². The first kappa shape index (κ1) is 41.6. The number of carbonyl (C=O) groups is 5. The van der Waals surface area contributed by atoms with Crippen molar-refractivity contribution < 1.29 is 51.0 Å². The molecule has 4 unspecified atom stereocenters. The Kier molecular flexibility index (Phi) is 16.5. The fraction of sp³-hybridized carbons (Fsp3) is 0.419. The van der Waals surface area contributed by atoms with Crippen LogP contribution in [0.15, 0.2) is 35.3 Å². The topological polar surface area (TPSA) is 270 Å². The van der Waals surface area contributed by atoms with Crippen molar-refractivity contribution in [2.45, 2.75) is 69.1 Å². The van der Waals surface area contributed by atoms with E-state index in [4.69, 9.17) is 28.0 Å². The summed E-state index contributed by atoms with van der Waals surface area (Å²) in [6, 6.07) is 2.37. The minimum Gasteiger partial charge on any atom is -0.465 e. The zero-order valence-electron chi connectivity index (χ0n) is 27.2. The van der Waals surface area contributed by atoms with E-state index in [-0.39, 0.29) is 57.6 Å². The zero-order chi connectivity index (χ0) is 38.2. The van der Waals surface area contributed by atoms with E-state index in [9.17, 15) is 45.9 Å². The van der Waals surface area contributed by atoms with Crippen LogP contribution in [0.4, 0.5) is 26.7 Å². The highest BCUT2D eigenvalue weighted by atomic mass is 19.2. The van der Waals surface area contributed by atoms with Crippen molar-refractivity contribution in [3.05, 3.63) is 70.5 Å². The first-order chi connectivity index (χ1) is 24.0. The van der Waals surface area contributed by atoms with Crippen molar-refractivity contribution in [1.29, 1.82) is 0 Å². The number of amides is 5. The zero-order valence-corrected chi connectivity index (χ0v) is 27.2. The van der Waals surface area contributed by atoms with E-state index >= 15 is 0 Å². The normalized spacial score (nSPS) is 13.2. The number of primary amides is 1. The predicted molar refractivity (Wildman–Crippen MR) is 173 cm³/mol. The summed E-state index contributed by atoms with van der Waals surface area (Å²) in [4.78, 5) is 66.6. The average molecular weight is 730 g/mol. The van der Waals surface area contributed by atoms with Crippen molar-refractivity contribution in [2.24, 2.45) is 27.9 Å². The lowest BCUT2D eigenvalue weighted by molar-refractivity contribution is -0.133. The third-order valence-corrected chi connectivity index (χ3v) is 7.41. The molecule has 0 heterocycles. The van der Waals surface area contributed by atoms with Crippen LogP contribution in [-0.4, -0.2) is 78.0 Å². The number of rotatable bonds is 20. The average Bonchev–Trinajstić information content (AvgIpc) is 3.08. The molecule has 2 aromatic carbocycles. The van der Waals surface area contributed by atoms with Crippen LogP contribution in [0, 0.1) is 29.1 Å². The summed E-state index contributed by atoms with van der Waals surface area (Å²) in [7, 11) is 0. The first-order valence-corrected chi connectivity index (χ1v) is 15.6. The number of nitrogens with one attached hydrogen (secondary N) is 4. The molecule has 0 spiro atoms. The van der Waals surface area contributed by atoms with Gasteiger partial charge in [-0.05, 0) is 44.1 Å². The molecule has 0 fully saturated rings. The van der Waals surface area contributed by atoms with Crippen molar-refractivity contribution in [1.82, 2.24) is 21.3 Å². The van der Waals surface area contributed by atoms with E-state index in [1.807, 2.05) is 0 Å². The number of hydrogen-bond acceptors (Lipinski definition) is 7. The van der Waals surface area contributed by atoms with Gasteiger partial charge in [-0.15, -0.1) is 0 Å². The van der Waals surface area contributed by atoms with Crippen molar-refractivity contribution in [2.75, 3.05) is 13.1 Å². The third kappa shape index (κ3) is 13.4. The Hall–Kier alpha value is -5.53. The fourth-order valence-electron chi connectivity index (χ4n) is 4.75. The lowest BCUT2D eigenvalue weighted by Crippen LogP contribution is -2.58. The molecule has 0 saturated heterocycles. The molecule has 15 nitrogen and oxygen atoms in total. The maximum Gasteiger partial charge on any atom is 0.404 e. The van der Waals surface area contributed by atoms with Gasteiger partial charge in [0.25, 0.3) is 0 Å². The number of benzene rings is 2. The van der Waals surface area contributed by atoms with Crippen molar-refractivity contribution >= 4 is 35.7 Å². The SMILES string of the molecule is NC(=O)C(CCCCNC(=O)O)NC(=O)C(Cc1c(F)c(F)c(F)c(F)c1F)NC(=O)C(CCCN=C(N)N)NC(=O)C(N)Cc1ccccc1. The maximum atomic E-state index is 14.7. The smallest absolute Gasteiger partial charge is 0.404 e. The molecule has 0 saturated carbocycles. The number of halogens is 5. The van der Waals surface area contributed by atoms with Crippen LogP contribution < -0.4 is 44.2 Å². The lowest BCUT2D eigenvalue weighted by Gasteiger charge is -2.26. The summed E-state index contributed by atoms with van der Waals surface area (Å²) in [5.74, 6) is -16.2. The highest BCUT2D eigenvalue weighted by Gasteiger charge is 2.34. The number of unbranched alkanes of at least 4 members (excludes halogenated alkanes) is 1. The highest BCUT2D eigenvalue weighted by Crippen LogP contribution is 2.24. The van der Waals surface area contributed by atoms with Gasteiger partial charge in [-0.25, -0.2) is 26.7 Å². The lowest BCUT2D eigenvalue weighted by atomic mass is 10.0. The summed E-state index contributed by atoms with van der Waals surface area (Å²) in [5, 5.41) is 17.6. The Labute approximate surface area is 288 Å². The van der Waals surface area contributed by atoms with Crippen LogP contribution in [-0.2, 0) is 32.0 Å². The number of aliphatic imine (C=N–C) groups is 1. The summed E-state index contributed by atoms with van der Waals surface area (Å²) in [5.41, 5.74) is 21.3. The van der Waals surface area contributed by atoms with Gasteiger partial charge in [-0.1, -0.05) is 30.3 Å². The Morgan fingerprint density at radius 1 is 0.686 bits per heavy atom. The standard InChI is InChI=1S/C31H40F5N9O6/c32-21-16(22(33)24(35)25(36)23(21)34)14-20(29(49)43-18(26(38)46)9-4-5-11-42-31(50)51)45-28(48)19(10-6-12-41-30(39)40)44-27(47)17(37)13-15-7-2-1-3-8-15/h1-3,7-8,17-20,42H,4-6,9-14,37H2,(H2,38,46)(H,43,49)(H,44,47)(H,45,48)(H,50,51)(H4,39,40,41). The highest BCUT2D eigenvalue weighted by molar-refractivity contribution is 5.94. The van der Waals surface area contributed by atoms with E-state index < -0.39 is 95.0 Å². The Morgan fingerprint density at radius 3 is 1.78 bits per heavy atom. The maximum absolute atomic E-state index is 14.7. The Balaban J connectivity index is 2.40. The molecule has 51 heavy (non-hydrogen) atoms. The van der Waals surface area contributed by atoms with Crippen LogP contribution in [0.2, 0.25) is 0 Å². The Morgan fingerprint density at radius 2 is 1.22 bits per heavy atom. The molecule has 4 atom stereocenters. The van der Waals surface area contributed by atoms with Crippen molar-refractivity contribution in [3.63, 3.8) is 0 Å². The molecule has 0 radical (unpaired) electrons. The Bertz CT molecular complexity index is 1550. The number of nitrogens with zero attached hydrogens (tertiary/aromatic N) is 1. The van der Waals surface area contributed by atoms with Crippen LogP contribution in [0.25, 0.3) is 0 Å². The molecule has 280 valence electrons. The third-order valence-electron chi connectivity index (χ3n) is 7.41. The summed E-state index contributed by atoms with van der Waals surface area (Å²) < 4.78 is 71.4. The molecule has 0 aromatic heterocycles. The summed E-state index contributed by atoms with van der Waals surface area (Å²) >= 11 is 0. The first-order valence-electron chi connectivity index (χ1n) is 15.6. The van der Waals surface area contributed by atoms with Gasteiger partial charge in [0.2, 0.25) is 29.4 Å². The molecule has 2 rings (SSSR count). The number of hydrogen-bond donors (Lipinski definition) is 9. The minimum absolute atomic E-state index is 0.0149. The molecule has 13 N–H and O–H groups in total. The molecule has 0 aliphatic carbocycles. The van der Waals surface area contributed by atoms with Gasteiger partial charge in [0.05, 0.1) is 6.04 Å².